The van der Waals surface area contributed by atoms with Crippen LogP contribution in [-0.4, -0.2) is 30.5 Å². The van der Waals surface area contributed by atoms with Crippen LogP contribution in [0.25, 0.3) is 0 Å². The standard InChI is InChI=1S/C19H20BrClN2O2/c20-17-11-15(21)5-8-18(17)25-13-19(24)22-16-6-3-14(4-7-16)12-23-9-1-2-10-23/h3-8,11H,1-2,9-10,12-13H2,(H,22,24). The lowest BCUT2D eigenvalue weighted by Crippen LogP contribution is -2.20. The van der Waals surface area contributed by atoms with Gasteiger partial charge in [0.1, 0.15) is 5.75 Å². The second kappa shape index (κ2) is 8.70. The first-order valence-corrected chi connectivity index (χ1v) is 9.46. The number of amides is 1. The molecule has 1 aliphatic rings. The van der Waals surface area contributed by atoms with Crippen molar-refractivity contribution in [2.75, 3.05) is 25.0 Å². The molecule has 0 aromatic heterocycles. The van der Waals surface area contributed by atoms with Crippen molar-refractivity contribution < 1.29 is 9.53 Å². The first kappa shape index (κ1) is 18.2. The third kappa shape index (κ3) is 5.46. The van der Waals surface area contributed by atoms with Crippen LogP contribution >= 0.6 is 27.5 Å². The van der Waals surface area contributed by atoms with Gasteiger partial charge >= 0.3 is 0 Å². The highest BCUT2D eigenvalue weighted by Gasteiger charge is 2.12. The smallest absolute Gasteiger partial charge is 0.262 e. The summed E-state index contributed by atoms with van der Waals surface area (Å²) in [6.07, 6.45) is 2.58. The van der Waals surface area contributed by atoms with Crippen LogP contribution in [0.4, 0.5) is 5.69 Å². The van der Waals surface area contributed by atoms with Crippen molar-refractivity contribution in [1.29, 1.82) is 0 Å². The second-order valence-corrected chi connectivity index (χ2v) is 7.38. The van der Waals surface area contributed by atoms with E-state index in [2.05, 4.69) is 38.3 Å². The minimum absolute atomic E-state index is 0.0598. The number of rotatable bonds is 6. The number of likely N-dealkylation sites (tertiary alicyclic amines) is 1. The van der Waals surface area contributed by atoms with Crippen molar-refractivity contribution in [3.63, 3.8) is 0 Å². The number of hydrogen-bond acceptors (Lipinski definition) is 3. The summed E-state index contributed by atoms with van der Waals surface area (Å²) in [5.41, 5.74) is 2.04. The lowest BCUT2D eigenvalue weighted by atomic mass is 10.2. The third-order valence-corrected chi connectivity index (χ3v) is 4.95. The first-order valence-electron chi connectivity index (χ1n) is 8.29. The van der Waals surface area contributed by atoms with Gasteiger partial charge in [0.15, 0.2) is 6.61 Å². The van der Waals surface area contributed by atoms with E-state index >= 15 is 0 Å². The predicted octanol–water partition coefficient (Wildman–Crippen LogP) is 4.72. The summed E-state index contributed by atoms with van der Waals surface area (Å²) in [5.74, 6) is 0.384. The maximum atomic E-state index is 12.0. The summed E-state index contributed by atoms with van der Waals surface area (Å²) in [5, 5.41) is 3.45. The molecule has 6 heteroatoms. The lowest BCUT2D eigenvalue weighted by Gasteiger charge is -2.15. The fourth-order valence-corrected chi connectivity index (χ4v) is 3.62. The number of nitrogens with one attached hydrogen (secondary N) is 1. The highest BCUT2D eigenvalue weighted by Crippen LogP contribution is 2.27. The number of benzene rings is 2. The zero-order valence-electron chi connectivity index (χ0n) is 13.8. The van der Waals surface area contributed by atoms with Gasteiger partial charge in [-0.05, 0) is 77.8 Å². The van der Waals surface area contributed by atoms with Crippen molar-refractivity contribution in [2.24, 2.45) is 0 Å². The van der Waals surface area contributed by atoms with Crippen LogP contribution in [0.2, 0.25) is 5.02 Å². The van der Waals surface area contributed by atoms with Crippen molar-refractivity contribution in [1.82, 2.24) is 4.90 Å². The Morgan fingerprint density at radius 1 is 1.16 bits per heavy atom. The Hall–Kier alpha value is -1.56. The minimum Gasteiger partial charge on any atom is -0.483 e. The van der Waals surface area contributed by atoms with Gasteiger partial charge in [-0.15, -0.1) is 0 Å². The molecule has 0 atom stereocenters. The number of carbonyl (C=O) groups excluding carboxylic acids is 1. The van der Waals surface area contributed by atoms with E-state index in [1.165, 1.54) is 31.5 Å². The lowest BCUT2D eigenvalue weighted by molar-refractivity contribution is -0.118. The molecular weight excluding hydrogens is 404 g/mol. The molecule has 1 saturated heterocycles. The van der Waals surface area contributed by atoms with Crippen molar-refractivity contribution >= 4 is 39.1 Å². The van der Waals surface area contributed by atoms with Gasteiger partial charge in [0, 0.05) is 17.3 Å². The molecule has 25 heavy (non-hydrogen) atoms. The van der Waals surface area contributed by atoms with E-state index < -0.39 is 0 Å². The van der Waals surface area contributed by atoms with E-state index in [-0.39, 0.29) is 12.5 Å². The molecule has 0 radical (unpaired) electrons. The van der Waals surface area contributed by atoms with Crippen molar-refractivity contribution in [3.8, 4) is 5.75 Å². The Kier molecular flexibility index (Phi) is 6.34. The molecule has 132 valence electrons. The van der Waals surface area contributed by atoms with Gasteiger partial charge in [-0.2, -0.15) is 0 Å². The zero-order chi connectivity index (χ0) is 17.6. The molecule has 1 aliphatic heterocycles. The SMILES string of the molecule is O=C(COc1ccc(Cl)cc1Br)Nc1ccc(CN2CCCC2)cc1. The van der Waals surface area contributed by atoms with Gasteiger partial charge < -0.3 is 10.1 Å². The summed E-state index contributed by atoms with van der Waals surface area (Å²) in [6.45, 7) is 3.27. The van der Waals surface area contributed by atoms with Crippen LogP contribution in [0.1, 0.15) is 18.4 Å². The van der Waals surface area contributed by atoms with E-state index in [0.717, 1.165) is 16.7 Å². The highest BCUT2D eigenvalue weighted by molar-refractivity contribution is 9.10. The van der Waals surface area contributed by atoms with Crippen LogP contribution in [0.3, 0.4) is 0 Å². The fourth-order valence-electron chi connectivity index (χ4n) is 2.83. The molecule has 2 aromatic rings. The second-order valence-electron chi connectivity index (χ2n) is 6.09. The summed E-state index contributed by atoms with van der Waals surface area (Å²) in [7, 11) is 0. The molecular formula is C19H20BrClN2O2. The average molecular weight is 424 g/mol. The number of halogens is 2. The van der Waals surface area contributed by atoms with Gasteiger partial charge in [0.05, 0.1) is 4.47 Å². The van der Waals surface area contributed by atoms with E-state index in [1.54, 1.807) is 18.2 Å². The molecule has 0 aliphatic carbocycles. The van der Waals surface area contributed by atoms with Crippen LogP contribution in [0.5, 0.6) is 5.75 Å². The number of ether oxygens (including phenoxy) is 1. The third-order valence-electron chi connectivity index (χ3n) is 4.10. The summed E-state index contributed by atoms with van der Waals surface area (Å²) >= 11 is 9.25. The molecule has 0 unspecified atom stereocenters. The Bertz CT molecular complexity index is 731. The quantitative estimate of drug-likeness (QED) is 0.731. The molecule has 1 heterocycles. The average Bonchev–Trinajstić information content (AvgIpc) is 3.09. The molecule has 1 N–H and O–H groups in total. The molecule has 3 rings (SSSR count). The maximum absolute atomic E-state index is 12.0. The van der Waals surface area contributed by atoms with Crippen LogP contribution in [0, 0.1) is 0 Å². The summed E-state index contributed by atoms with van der Waals surface area (Å²) in [6, 6.07) is 13.2. The van der Waals surface area contributed by atoms with Crippen LogP contribution in [0.15, 0.2) is 46.9 Å². The molecule has 2 aromatic carbocycles. The molecule has 0 spiro atoms. The van der Waals surface area contributed by atoms with E-state index in [1.807, 2.05) is 12.1 Å². The van der Waals surface area contributed by atoms with E-state index in [0.29, 0.717) is 10.8 Å². The van der Waals surface area contributed by atoms with Gasteiger partial charge in [-0.25, -0.2) is 0 Å². The van der Waals surface area contributed by atoms with Gasteiger partial charge in [-0.1, -0.05) is 23.7 Å². The zero-order valence-corrected chi connectivity index (χ0v) is 16.1. The van der Waals surface area contributed by atoms with Crippen molar-refractivity contribution in [3.05, 3.63) is 57.5 Å². The largest absolute Gasteiger partial charge is 0.483 e. The van der Waals surface area contributed by atoms with Gasteiger partial charge in [0.2, 0.25) is 0 Å². The van der Waals surface area contributed by atoms with E-state index in [4.69, 9.17) is 16.3 Å². The topological polar surface area (TPSA) is 41.6 Å². The highest BCUT2D eigenvalue weighted by atomic mass is 79.9. The Labute approximate surface area is 161 Å². The van der Waals surface area contributed by atoms with Crippen LogP contribution < -0.4 is 10.1 Å². The van der Waals surface area contributed by atoms with Crippen LogP contribution in [-0.2, 0) is 11.3 Å². The number of anilines is 1. The van der Waals surface area contributed by atoms with Crippen molar-refractivity contribution in [2.45, 2.75) is 19.4 Å². The fraction of sp³-hybridized carbons (Fsp3) is 0.316. The summed E-state index contributed by atoms with van der Waals surface area (Å²) in [4.78, 5) is 14.5. The number of carbonyl (C=O) groups is 1. The predicted molar refractivity (Wildman–Crippen MR) is 104 cm³/mol. The Morgan fingerprint density at radius 2 is 1.88 bits per heavy atom. The van der Waals surface area contributed by atoms with E-state index in [9.17, 15) is 4.79 Å². The normalized spacial score (nSPS) is 14.5. The number of nitrogens with zero attached hydrogens (tertiary/aromatic N) is 1. The maximum Gasteiger partial charge on any atom is 0.262 e. The Balaban J connectivity index is 1.48. The molecule has 0 bridgehead atoms. The van der Waals surface area contributed by atoms with Gasteiger partial charge in [-0.3, -0.25) is 9.69 Å². The first-order chi connectivity index (χ1) is 12.1. The minimum atomic E-state index is -0.200. The molecule has 4 nitrogen and oxygen atoms in total. The Morgan fingerprint density at radius 3 is 2.56 bits per heavy atom. The molecule has 1 amide bonds. The van der Waals surface area contributed by atoms with Gasteiger partial charge in [0.25, 0.3) is 5.91 Å². The summed E-state index contributed by atoms with van der Waals surface area (Å²) < 4.78 is 6.24. The molecule has 0 saturated carbocycles. The number of hydrogen-bond donors (Lipinski definition) is 1. The molecule has 1 fully saturated rings. The monoisotopic (exact) mass is 422 g/mol.